The molecule has 0 saturated carbocycles. The lowest BCUT2D eigenvalue weighted by Crippen LogP contribution is -2.24. The fourth-order valence-electron chi connectivity index (χ4n) is 1.96. The Morgan fingerprint density at radius 3 is 2.38 bits per heavy atom. The fourth-order valence-corrected chi connectivity index (χ4v) is 1.96. The maximum Gasteiger partial charge on any atom is 0.128 e. The maximum absolute atomic E-state index is 4.31. The summed E-state index contributed by atoms with van der Waals surface area (Å²) >= 11 is 0. The number of hydrogen-bond acceptors (Lipinski definition) is 3. The van der Waals surface area contributed by atoms with Crippen LogP contribution >= 0.6 is 0 Å². The first kappa shape index (κ1) is 14.9. The predicted molar refractivity (Wildman–Crippen MR) is 89.1 cm³/mol. The van der Waals surface area contributed by atoms with E-state index in [0.717, 1.165) is 22.9 Å². The van der Waals surface area contributed by atoms with Crippen LogP contribution < -0.4 is 4.90 Å². The van der Waals surface area contributed by atoms with Crippen molar-refractivity contribution in [1.82, 2.24) is 4.98 Å². The lowest BCUT2D eigenvalue weighted by molar-refractivity contribution is 1.13. The number of aromatic nitrogens is 1. The van der Waals surface area contributed by atoms with Crippen LogP contribution in [0.5, 0.6) is 0 Å². The molecule has 1 aromatic heterocycles. The van der Waals surface area contributed by atoms with Gasteiger partial charge in [-0.3, -0.25) is 4.98 Å². The third kappa shape index (κ3) is 3.75. The second-order valence-corrected chi connectivity index (χ2v) is 4.89. The highest BCUT2D eigenvalue weighted by Gasteiger charge is 2.06. The van der Waals surface area contributed by atoms with Crippen LogP contribution in [0.4, 0.5) is 5.69 Å². The minimum atomic E-state index is 0.799. The van der Waals surface area contributed by atoms with E-state index in [1.807, 2.05) is 56.1 Å². The van der Waals surface area contributed by atoms with Gasteiger partial charge in [-0.25, -0.2) is 0 Å². The minimum absolute atomic E-state index is 0.799. The Hall–Kier alpha value is -2.49. The summed E-state index contributed by atoms with van der Waals surface area (Å²) in [5.41, 5.74) is 3.98. The summed E-state index contributed by atoms with van der Waals surface area (Å²) in [4.78, 5) is 6.29. The average molecular weight is 280 g/mol. The molecule has 0 fully saturated rings. The van der Waals surface area contributed by atoms with Crippen molar-refractivity contribution in [2.24, 2.45) is 10.2 Å². The van der Waals surface area contributed by atoms with E-state index in [1.54, 1.807) is 6.20 Å². The van der Waals surface area contributed by atoms with E-state index in [9.17, 15) is 0 Å². The van der Waals surface area contributed by atoms with E-state index in [-0.39, 0.29) is 0 Å². The Bertz CT molecular complexity index is 660. The number of amidine groups is 1. The second-order valence-electron chi connectivity index (χ2n) is 4.89. The van der Waals surface area contributed by atoms with Gasteiger partial charge in [0.05, 0.1) is 11.4 Å². The van der Waals surface area contributed by atoms with Gasteiger partial charge in [-0.05, 0) is 44.5 Å². The summed E-state index contributed by atoms with van der Waals surface area (Å²) in [5, 5.41) is 8.58. The Labute approximate surface area is 125 Å². The van der Waals surface area contributed by atoms with Crippen LogP contribution in [-0.4, -0.2) is 23.6 Å². The van der Waals surface area contributed by atoms with Crippen LogP contribution in [-0.2, 0) is 0 Å². The summed E-state index contributed by atoms with van der Waals surface area (Å²) in [6, 6.07) is 14.0. The molecule has 0 N–H and O–H groups in total. The van der Waals surface area contributed by atoms with Crippen molar-refractivity contribution in [1.29, 1.82) is 0 Å². The molecule has 2 rings (SSSR count). The van der Waals surface area contributed by atoms with E-state index >= 15 is 0 Å². The van der Waals surface area contributed by atoms with Gasteiger partial charge in [-0.1, -0.05) is 24.3 Å². The smallest absolute Gasteiger partial charge is 0.128 e. The summed E-state index contributed by atoms with van der Waals surface area (Å²) < 4.78 is 0. The third-order valence-corrected chi connectivity index (χ3v) is 3.34. The molecular formula is C17H20N4. The van der Waals surface area contributed by atoms with Gasteiger partial charge in [0.2, 0.25) is 0 Å². The Kier molecular flexibility index (Phi) is 4.82. The number of aryl methyl sites for hydroxylation is 1. The number of para-hydroxylation sites is 1. The van der Waals surface area contributed by atoms with E-state index in [4.69, 9.17) is 0 Å². The first-order valence-corrected chi connectivity index (χ1v) is 6.89. The van der Waals surface area contributed by atoms with Crippen LogP contribution in [0, 0.1) is 6.92 Å². The zero-order valence-corrected chi connectivity index (χ0v) is 12.9. The number of benzene rings is 1. The van der Waals surface area contributed by atoms with Crippen molar-refractivity contribution < 1.29 is 0 Å². The molecule has 4 heteroatoms. The van der Waals surface area contributed by atoms with Crippen LogP contribution in [0.25, 0.3) is 0 Å². The molecule has 0 saturated heterocycles. The lowest BCUT2D eigenvalue weighted by Gasteiger charge is -2.19. The van der Waals surface area contributed by atoms with Crippen LogP contribution in [0.3, 0.4) is 0 Å². The van der Waals surface area contributed by atoms with Crippen molar-refractivity contribution >= 4 is 17.2 Å². The first-order valence-electron chi connectivity index (χ1n) is 6.89. The maximum atomic E-state index is 4.31. The fraction of sp³-hybridized carbons (Fsp3) is 0.235. The molecule has 21 heavy (non-hydrogen) atoms. The largest absolute Gasteiger partial charge is 0.331 e. The van der Waals surface area contributed by atoms with Crippen LogP contribution in [0.1, 0.15) is 25.1 Å². The average Bonchev–Trinajstić information content (AvgIpc) is 2.53. The number of rotatable bonds is 3. The molecule has 2 aromatic rings. The Balaban J connectivity index is 2.20. The molecule has 0 unspecified atom stereocenters. The SMILES string of the molecule is C/C(=N/N=C(\C)N(C)c1ccccc1C)c1ccccn1. The van der Waals surface area contributed by atoms with Gasteiger partial charge in [0.15, 0.2) is 0 Å². The molecule has 0 radical (unpaired) electrons. The van der Waals surface area contributed by atoms with Gasteiger partial charge in [-0.15, -0.1) is 5.10 Å². The number of pyridine rings is 1. The van der Waals surface area contributed by atoms with Crippen LogP contribution in [0.15, 0.2) is 58.9 Å². The molecule has 108 valence electrons. The molecule has 0 spiro atoms. The monoisotopic (exact) mass is 280 g/mol. The third-order valence-electron chi connectivity index (χ3n) is 3.34. The molecule has 1 aromatic carbocycles. The standard InChI is InChI=1S/C17H20N4/c1-13-9-5-6-11-17(13)21(4)15(3)20-19-14(2)16-10-7-8-12-18-16/h5-12H,1-4H3/b19-14-,20-15+. The van der Waals surface area contributed by atoms with Crippen molar-refractivity contribution in [3.05, 3.63) is 59.9 Å². The van der Waals surface area contributed by atoms with E-state index in [0.29, 0.717) is 0 Å². The van der Waals surface area contributed by atoms with E-state index < -0.39 is 0 Å². The van der Waals surface area contributed by atoms with Gasteiger partial charge < -0.3 is 4.90 Å². The lowest BCUT2D eigenvalue weighted by atomic mass is 10.2. The number of anilines is 1. The molecule has 0 atom stereocenters. The van der Waals surface area contributed by atoms with Gasteiger partial charge in [0.1, 0.15) is 5.84 Å². The molecular weight excluding hydrogens is 260 g/mol. The van der Waals surface area contributed by atoms with Crippen molar-refractivity contribution in [3.8, 4) is 0 Å². The topological polar surface area (TPSA) is 40.9 Å². The Morgan fingerprint density at radius 2 is 1.71 bits per heavy atom. The van der Waals surface area contributed by atoms with E-state index in [1.165, 1.54) is 5.56 Å². The normalized spacial score (nSPS) is 12.4. The van der Waals surface area contributed by atoms with Gasteiger partial charge in [-0.2, -0.15) is 5.10 Å². The molecule has 4 nitrogen and oxygen atoms in total. The molecule has 0 aliphatic carbocycles. The molecule has 0 bridgehead atoms. The molecule has 1 heterocycles. The number of nitrogens with zero attached hydrogens (tertiary/aromatic N) is 4. The Morgan fingerprint density at radius 1 is 1.00 bits per heavy atom. The quantitative estimate of drug-likeness (QED) is 0.489. The minimum Gasteiger partial charge on any atom is -0.331 e. The summed E-state index contributed by atoms with van der Waals surface area (Å²) in [5.74, 6) is 0.833. The van der Waals surface area contributed by atoms with Crippen molar-refractivity contribution in [2.75, 3.05) is 11.9 Å². The molecule has 0 aliphatic heterocycles. The highest BCUT2D eigenvalue weighted by molar-refractivity contribution is 5.99. The zero-order valence-electron chi connectivity index (χ0n) is 12.9. The zero-order chi connectivity index (χ0) is 15.2. The first-order chi connectivity index (χ1) is 10.1. The highest BCUT2D eigenvalue weighted by atomic mass is 15.3. The summed E-state index contributed by atoms with van der Waals surface area (Å²) in [7, 11) is 1.99. The van der Waals surface area contributed by atoms with Gasteiger partial charge >= 0.3 is 0 Å². The number of hydrogen-bond donors (Lipinski definition) is 0. The predicted octanol–water partition coefficient (Wildman–Crippen LogP) is 3.67. The summed E-state index contributed by atoms with van der Waals surface area (Å²) in [6.07, 6.45) is 1.75. The second kappa shape index (κ2) is 6.79. The van der Waals surface area contributed by atoms with Gasteiger partial charge in [0.25, 0.3) is 0 Å². The van der Waals surface area contributed by atoms with Crippen molar-refractivity contribution in [2.45, 2.75) is 20.8 Å². The van der Waals surface area contributed by atoms with Crippen LogP contribution in [0.2, 0.25) is 0 Å². The van der Waals surface area contributed by atoms with E-state index in [2.05, 4.69) is 34.2 Å². The molecule has 0 amide bonds. The highest BCUT2D eigenvalue weighted by Crippen LogP contribution is 2.18. The van der Waals surface area contributed by atoms with Gasteiger partial charge in [0, 0.05) is 18.9 Å². The molecule has 0 aliphatic rings. The van der Waals surface area contributed by atoms with Crippen molar-refractivity contribution in [3.63, 3.8) is 0 Å². The summed E-state index contributed by atoms with van der Waals surface area (Å²) in [6.45, 7) is 5.94.